The first-order valence-electron chi connectivity index (χ1n) is 24.4. The van der Waals surface area contributed by atoms with Gasteiger partial charge in [-0.25, -0.2) is 19.7 Å². The average Bonchev–Trinajstić information content (AvgIpc) is 3.82. The van der Waals surface area contributed by atoms with Gasteiger partial charge in [0, 0.05) is 61.7 Å². The summed E-state index contributed by atoms with van der Waals surface area (Å²) < 4.78 is 2.34. The van der Waals surface area contributed by atoms with Crippen molar-refractivity contribution in [2.75, 3.05) is 9.80 Å². The van der Waals surface area contributed by atoms with Gasteiger partial charge in [-0.2, -0.15) is 5.26 Å². The predicted molar refractivity (Wildman–Crippen MR) is 305 cm³/mol. The van der Waals surface area contributed by atoms with Crippen LogP contribution in [0.15, 0.2) is 255 Å². The van der Waals surface area contributed by atoms with Crippen LogP contribution in [0.2, 0.25) is 0 Å². The molecule has 8 nitrogen and oxygen atoms in total. The second kappa shape index (κ2) is 19.7. The lowest BCUT2D eigenvalue weighted by Gasteiger charge is -2.26. The molecule has 0 atom stereocenters. The van der Waals surface area contributed by atoms with Gasteiger partial charge in [-0.05, 0) is 138 Å². The number of hydrogen-bond acceptors (Lipinski definition) is 5. The first kappa shape index (κ1) is 45.3. The third-order valence-electron chi connectivity index (χ3n) is 13.4. The van der Waals surface area contributed by atoms with E-state index < -0.39 is 0 Å². The normalized spacial score (nSPS) is 10.9. The molecule has 350 valence electrons. The number of aromatic nitrogens is 3. The van der Waals surface area contributed by atoms with E-state index in [1.54, 1.807) is 24.3 Å². The van der Waals surface area contributed by atoms with Gasteiger partial charge in [-0.3, -0.25) is 0 Å². The van der Waals surface area contributed by atoms with Gasteiger partial charge in [-0.1, -0.05) is 133 Å². The molecule has 2 heterocycles. The molecule has 0 aliphatic rings. The van der Waals surface area contributed by atoms with Crippen LogP contribution in [0.4, 0.5) is 45.5 Å². The zero-order chi connectivity index (χ0) is 50.7. The highest BCUT2D eigenvalue weighted by Gasteiger charge is 2.21. The summed E-state index contributed by atoms with van der Waals surface area (Å²) in [6.45, 7) is 15.2. The highest BCUT2D eigenvalue weighted by atomic mass is 15.1. The number of hydrogen-bond donors (Lipinski definition) is 0. The summed E-state index contributed by atoms with van der Waals surface area (Å²) in [5.41, 5.74) is 15.9. The van der Waals surface area contributed by atoms with E-state index in [0.717, 1.165) is 78.3 Å². The number of nitriles is 1. The van der Waals surface area contributed by atoms with Crippen LogP contribution >= 0.6 is 0 Å². The maximum Gasteiger partial charge on any atom is 0.187 e. The molecule has 0 N–H and O–H groups in total. The van der Waals surface area contributed by atoms with E-state index in [9.17, 15) is 5.26 Å². The summed E-state index contributed by atoms with van der Waals surface area (Å²) in [5, 5.41) is 12.9. The second-order valence-corrected chi connectivity index (χ2v) is 18.0. The van der Waals surface area contributed by atoms with Crippen molar-refractivity contribution in [3.63, 3.8) is 0 Å². The second-order valence-electron chi connectivity index (χ2n) is 18.0. The minimum Gasteiger partial charge on any atom is -0.310 e. The molecule has 0 bridgehead atoms. The molecule has 0 unspecified atom stereocenters. The Bertz CT molecular complexity index is 3910. The van der Waals surface area contributed by atoms with E-state index >= 15 is 0 Å². The van der Waals surface area contributed by atoms with E-state index in [4.69, 9.17) is 23.1 Å². The lowest BCUT2D eigenvalue weighted by molar-refractivity contribution is 1.18. The number of benzene rings is 10. The van der Waals surface area contributed by atoms with E-state index in [2.05, 4.69) is 188 Å². The van der Waals surface area contributed by atoms with Gasteiger partial charge < -0.3 is 14.4 Å². The van der Waals surface area contributed by atoms with Crippen LogP contribution in [-0.4, -0.2) is 14.5 Å². The summed E-state index contributed by atoms with van der Waals surface area (Å²) in [6.07, 6.45) is 0. The van der Waals surface area contributed by atoms with Gasteiger partial charge in [0.1, 0.15) is 0 Å². The van der Waals surface area contributed by atoms with Crippen molar-refractivity contribution in [2.45, 2.75) is 0 Å². The van der Waals surface area contributed by atoms with Crippen LogP contribution in [0.25, 0.3) is 82.2 Å². The first-order valence-corrected chi connectivity index (χ1v) is 24.4. The molecular weight excluding hydrogens is 917 g/mol. The van der Waals surface area contributed by atoms with Gasteiger partial charge >= 0.3 is 0 Å². The largest absolute Gasteiger partial charge is 0.310 e. The average molecular weight is 959 g/mol. The van der Waals surface area contributed by atoms with Crippen molar-refractivity contribution >= 4 is 67.3 Å². The van der Waals surface area contributed by atoms with Crippen LogP contribution < -0.4 is 9.80 Å². The monoisotopic (exact) mass is 958 g/mol. The fraction of sp³-hybridized carbons (Fsp3) is 0. The van der Waals surface area contributed by atoms with E-state index in [-0.39, 0.29) is 0 Å². The molecule has 8 heteroatoms. The lowest BCUT2D eigenvalue weighted by atomic mass is 9.97. The summed E-state index contributed by atoms with van der Waals surface area (Å²) in [7, 11) is 0. The molecule has 0 fully saturated rings. The minimum atomic E-state index is 0.414. The molecule has 0 spiro atoms. The highest BCUT2D eigenvalue weighted by Crippen LogP contribution is 2.43. The molecule has 12 rings (SSSR count). The Morgan fingerprint density at radius 3 is 1.35 bits per heavy atom. The van der Waals surface area contributed by atoms with Crippen molar-refractivity contribution < 1.29 is 0 Å². The zero-order valence-corrected chi connectivity index (χ0v) is 40.3. The van der Waals surface area contributed by atoms with E-state index in [1.807, 2.05) is 72.8 Å². The topological polar surface area (TPSA) is 69.7 Å². The minimum absolute atomic E-state index is 0.414. The van der Waals surface area contributed by atoms with Crippen molar-refractivity contribution in [3.8, 4) is 56.8 Å². The quantitative estimate of drug-likeness (QED) is 0.121. The molecular formula is C67H42N8. The van der Waals surface area contributed by atoms with Crippen molar-refractivity contribution in [3.05, 3.63) is 283 Å². The fourth-order valence-corrected chi connectivity index (χ4v) is 9.91. The predicted octanol–water partition coefficient (Wildman–Crippen LogP) is 18.2. The highest BCUT2D eigenvalue weighted by molar-refractivity contribution is 6.12. The maximum atomic E-state index is 10.7. The van der Waals surface area contributed by atoms with Crippen LogP contribution in [0.5, 0.6) is 0 Å². The summed E-state index contributed by atoms with van der Waals surface area (Å²) in [4.78, 5) is 21.7. The number of rotatable bonds is 11. The Morgan fingerprint density at radius 2 is 0.853 bits per heavy atom. The molecule has 12 aromatic rings. The van der Waals surface area contributed by atoms with Crippen LogP contribution in [-0.2, 0) is 0 Å². The van der Waals surface area contributed by atoms with Crippen molar-refractivity contribution in [1.82, 2.24) is 14.5 Å². The van der Waals surface area contributed by atoms with Gasteiger partial charge in [0.2, 0.25) is 0 Å². The summed E-state index contributed by atoms with van der Waals surface area (Å²) in [6, 6.07) is 88.6. The molecule has 0 aliphatic heterocycles. The van der Waals surface area contributed by atoms with Crippen molar-refractivity contribution in [2.24, 2.45) is 0 Å². The van der Waals surface area contributed by atoms with Crippen molar-refractivity contribution in [1.29, 1.82) is 5.26 Å². The smallest absolute Gasteiger partial charge is 0.187 e. The fourth-order valence-electron chi connectivity index (χ4n) is 9.91. The SMILES string of the molecule is [C-]#[N+]c1cccc(-c2cc(-c3ccc(-c4ccc(-n5c6ccc(N(c7ccccc7)c7ccccc7)cc6c6cc(N(c7ccccc7)c7ccccc7)ccc65)cc4)cc3C#N)nc(-c3cccc([N+]#[C-])c3)n2)c1. The molecule has 0 radical (unpaired) electrons. The molecule has 0 saturated carbocycles. The van der Waals surface area contributed by atoms with Crippen LogP contribution in [0, 0.1) is 24.5 Å². The van der Waals surface area contributed by atoms with Gasteiger partial charge in [0.05, 0.1) is 47.2 Å². The molecule has 10 aromatic carbocycles. The van der Waals surface area contributed by atoms with Crippen LogP contribution in [0.3, 0.4) is 0 Å². The summed E-state index contributed by atoms with van der Waals surface area (Å²) in [5.74, 6) is 0.414. The number of nitrogens with zero attached hydrogens (tertiary/aromatic N) is 8. The summed E-state index contributed by atoms with van der Waals surface area (Å²) >= 11 is 0. The third kappa shape index (κ3) is 8.76. The Balaban J connectivity index is 0.969. The maximum absolute atomic E-state index is 10.7. The number of anilines is 6. The number of para-hydroxylation sites is 4. The molecule has 2 aromatic heterocycles. The Labute approximate surface area is 434 Å². The lowest BCUT2D eigenvalue weighted by Crippen LogP contribution is -2.09. The molecule has 0 saturated heterocycles. The molecule has 0 aliphatic carbocycles. The van der Waals surface area contributed by atoms with Gasteiger partial charge in [0.15, 0.2) is 17.2 Å². The standard InChI is InChI=1S/C67H42N8/c1-69-51-19-15-17-48(40-51)63-44-64(72-67(71-63)49-18-16-20-52(41-49)70-2)60-36-31-47(39-50(60)45-68)46-29-32-57(33-30-46)75-65-37-34-58(73(53-21-7-3-8-22-53)54-23-9-4-10-24-54)42-61(65)62-43-59(35-38-66(62)75)74(55-25-11-5-12-26-55)56-27-13-6-14-28-56/h3-44H. The Kier molecular flexibility index (Phi) is 11.9. The first-order chi connectivity index (χ1) is 37.0. The Hall–Kier alpha value is -10.9. The zero-order valence-electron chi connectivity index (χ0n) is 40.3. The van der Waals surface area contributed by atoms with Gasteiger partial charge in [0.25, 0.3) is 0 Å². The van der Waals surface area contributed by atoms with Crippen LogP contribution in [0.1, 0.15) is 5.56 Å². The Morgan fingerprint density at radius 1 is 0.387 bits per heavy atom. The van der Waals surface area contributed by atoms with Gasteiger partial charge in [-0.15, -0.1) is 0 Å². The molecule has 75 heavy (non-hydrogen) atoms. The van der Waals surface area contributed by atoms with E-state index in [0.29, 0.717) is 45.3 Å². The third-order valence-corrected chi connectivity index (χ3v) is 13.4. The van der Waals surface area contributed by atoms with E-state index in [1.165, 1.54) is 0 Å². The number of fused-ring (bicyclic) bond motifs is 3. The molecule has 0 amide bonds.